The number of carboxylic acids is 1. The van der Waals surface area contributed by atoms with E-state index in [4.69, 9.17) is 5.11 Å². The van der Waals surface area contributed by atoms with E-state index < -0.39 is 5.97 Å². The van der Waals surface area contributed by atoms with Crippen molar-refractivity contribution >= 4 is 11.9 Å². The Morgan fingerprint density at radius 2 is 2.21 bits per heavy atom. The Morgan fingerprint density at radius 3 is 2.89 bits per heavy atom. The number of benzene rings is 1. The molecule has 4 heteroatoms. The van der Waals surface area contributed by atoms with E-state index in [1.165, 1.54) is 0 Å². The summed E-state index contributed by atoms with van der Waals surface area (Å²) in [5.41, 5.74) is 1.34. The number of nitrogens with zero attached hydrogens (tertiary/aromatic N) is 1. The number of carbonyl (C=O) groups is 2. The zero-order valence-corrected chi connectivity index (χ0v) is 11.1. The molecule has 1 fully saturated rings. The number of aromatic carboxylic acids is 1. The molecule has 19 heavy (non-hydrogen) atoms. The van der Waals surface area contributed by atoms with Crippen LogP contribution in [-0.2, 0) is 4.79 Å². The van der Waals surface area contributed by atoms with Gasteiger partial charge in [-0.05, 0) is 30.5 Å². The number of rotatable bonds is 4. The van der Waals surface area contributed by atoms with Crippen molar-refractivity contribution in [2.75, 3.05) is 13.1 Å². The van der Waals surface area contributed by atoms with Crippen molar-refractivity contribution in [2.24, 2.45) is 0 Å². The van der Waals surface area contributed by atoms with Gasteiger partial charge in [-0.3, -0.25) is 4.79 Å². The van der Waals surface area contributed by atoms with Crippen LogP contribution in [0.2, 0.25) is 0 Å². The quantitative estimate of drug-likeness (QED) is 0.906. The average Bonchev–Trinajstić information content (AvgIpc) is 2.89. The smallest absolute Gasteiger partial charge is 0.335 e. The fraction of sp³-hybridized carbons (Fsp3) is 0.467. The number of carbonyl (C=O) groups excluding carboxylic acids is 1. The third-order valence-electron chi connectivity index (χ3n) is 3.61. The van der Waals surface area contributed by atoms with Gasteiger partial charge in [0.05, 0.1) is 5.56 Å². The van der Waals surface area contributed by atoms with E-state index in [0.29, 0.717) is 18.5 Å². The van der Waals surface area contributed by atoms with Crippen LogP contribution in [-0.4, -0.2) is 35.0 Å². The van der Waals surface area contributed by atoms with Crippen molar-refractivity contribution < 1.29 is 14.7 Å². The van der Waals surface area contributed by atoms with Crippen molar-refractivity contribution in [1.29, 1.82) is 0 Å². The van der Waals surface area contributed by atoms with Gasteiger partial charge in [-0.1, -0.05) is 19.1 Å². The third kappa shape index (κ3) is 3.13. The summed E-state index contributed by atoms with van der Waals surface area (Å²) in [7, 11) is 0. The first-order chi connectivity index (χ1) is 9.11. The summed E-state index contributed by atoms with van der Waals surface area (Å²) in [6, 6.07) is 7.04. The van der Waals surface area contributed by atoms with Gasteiger partial charge in [0.2, 0.25) is 5.91 Å². The monoisotopic (exact) mass is 261 g/mol. The lowest BCUT2D eigenvalue weighted by Gasteiger charge is -2.16. The minimum absolute atomic E-state index is 0.208. The minimum atomic E-state index is -0.904. The summed E-state index contributed by atoms with van der Waals surface area (Å²) in [6.07, 6.45) is 2.38. The van der Waals surface area contributed by atoms with E-state index in [1.807, 2.05) is 17.9 Å². The predicted octanol–water partition coefficient (Wildman–Crippen LogP) is 2.50. The van der Waals surface area contributed by atoms with Gasteiger partial charge in [-0.2, -0.15) is 0 Å². The summed E-state index contributed by atoms with van der Waals surface area (Å²) in [4.78, 5) is 24.7. The van der Waals surface area contributed by atoms with Crippen LogP contribution < -0.4 is 0 Å². The molecule has 4 nitrogen and oxygen atoms in total. The Morgan fingerprint density at radius 1 is 1.42 bits per heavy atom. The second-order valence-electron chi connectivity index (χ2n) is 5.01. The number of amides is 1. The lowest BCUT2D eigenvalue weighted by Crippen LogP contribution is -2.27. The normalized spacial score (nSPS) is 18.6. The van der Waals surface area contributed by atoms with Crippen molar-refractivity contribution in [3.8, 4) is 0 Å². The van der Waals surface area contributed by atoms with E-state index >= 15 is 0 Å². The van der Waals surface area contributed by atoms with Crippen molar-refractivity contribution in [1.82, 2.24) is 4.90 Å². The lowest BCUT2D eigenvalue weighted by atomic mass is 9.97. The van der Waals surface area contributed by atoms with Gasteiger partial charge >= 0.3 is 5.97 Å². The maximum atomic E-state index is 11.8. The molecule has 1 atom stereocenters. The fourth-order valence-electron chi connectivity index (χ4n) is 2.56. The largest absolute Gasteiger partial charge is 0.478 e. The summed E-state index contributed by atoms with van der Waals surface area (Å²) < 4.78 is 0. The Bertz CT molecular complexity index is 484. The minimum Gasteiger partial charge on any atom is -0.478 e. The summed E-state index contributed by atoms with van der Waals surface area (Å²) in [5.74, 6) is -0.432. The predicted molar refractivity (Wildman–Crippen MR) is 72.2 cm³/mol. The SMILES string of the molecule is CCCC(=O)N1CCC(c2cccc(C(=O)O)c2)C1. The molecule has 0 aromatic heterocycles. The summed E-state index contributed by atoms with van der Waals surface area (Å²) in [5, 5.41) is 9.00. The number of carboxylic acid groups (broad SMARTS) is 1. The van der Waals surface area contributed by atoms with Crippen LogP contribution in [0, 0.1) is 0 Å². The lowest BCUT2D eigenvalue weighted by molar-refractivity contribution is -0.130. The molecule has 1 amide bonds. The molecule has 0 bridgehead atoms. The van der Waals surface area contributed by atoms with Gasteiger partial charge in [0.25, 0.3) is 0 Å². The number of likely N-dealkylation sites (tertiary alicyclic amines) is 1. The average molecular weight is 261 g/mol. The maximum Gasteiger partial charge on any atom is 0.335 e. The Labute approximate surface area is 113 Å². The molecular formula is C15H19NO3. The van der Waals surface area contributed by atoms with Gasteiger partial charge in [0.1, 0.15) is 0 Å². The zero-order chi connectivity index (χ0) is 13.8. The molecule has 1 N–H and O–H groups in total. The molecule has 0 spiro atoms. The van der Waals surface area contributed by atoms with E-state index in [-0.39, 0.29) is 11.8 Å². The van der Waals surface area contributed by atoms with Crippen molar-refractivity contribution in [3.63, 3.8) is 0 Å². The molecule has 1 aromatic rings. The second kappa shape index (κ2) is 5.87. The highest BCUT2D eigenvalue weighted by Crippen LogP contribution is 2.28. The van der Waals surface area contributed by atoms with Crippen molar-refractivity contribution in [2.45, 2.75) is 32.1 Å². The molecule has 1 aliphatic heterocycles. The van der Waals surface area contributed by atoms with Gasteiger partial charge < -0.3 is 10.0 Å². The van der Waals surface area contributed by atoms with Gasteiger partial charge in [-0.15, -0.1) is 0 Å². The Hall–Kier alpha value is -1.84. The van der Waals surface area contributed by atoms with Crippen LogP contribution in [0.3, 0.4) is 0 Å². The molecule has 0 aliphatic carbocycles. The van der Waals surface area contributed by atoms with E-state index in [0.717, 1.165) is 24.9 Å². The first-order valence-electron chi connectivity index (χ1n) is 6.73. The second-order valence-corrected chi connectivity index (χ2v) is 5.01. The third-order valence-corrected chi connectivity index (χ3v) is 3.61. The number of hydrogen-bond acceptors (Lipinski definition) is 2. The molecule has 102 valence electrons. The van der Waals surface area contributed by atoms with Crippen molar-refractivity contribution in [3.05, 3.63) is 35.4 Å². The Balaban J connectivity index is 2.06. The topological polar surface area (TPSA) is 57.6 Å². The van der Waals surface area contributed by atoms with Gasteiger partial charge in [0.15, 0.2) is 0 Å². The fourth-order valence-corrected chi connectivity index (χ4v) is 2.56. The first kappa shape index (κ1) is 13.6. The maximum absolute atomic E-state index is 11.8. The molecule has 2 rings (SSSR count). The zero-order valence-electron chi connectivity index (χ0n) is 11.1. The molecule has 1 saturated heterocycles. The Kier molecular flexibility index (Phi) is 4.20. The number of hydrogen-bond donors (Lipinski definition) is 1. The van der Waals surface area contributed by atoms with Crippen LogP contribution in [0.25, 0.3) is 0 Å². The highest BCUT2D eigenvalue weighted by Gasteiger charge is 2.26. The van der Waals surface area contributed by atoms with Crippen LogP contribution in [0.15, 0.2) is 24.3 Å². The van der Waals surface area contributed by atoms with E-state index in [1.54, 1.807) is 18.2 Å². The van der Waals surface area contributed by atoms with Crippen LogP contribution >= 0.6 is 0 Å². The van der Waals surface area contributed by atoms with Crippen LogP contribution in [0.1, 0.15) is 48.0 Å². The van der Waals surface area contributed by atoms with Gasteiger partial charge in [-0.25, -0.2) is 4.79 Å². The molecule has 1 unspecified atom stereocenters. The molecular weight excluding hydrogens is 242 g/mol. The molecule has 0 saturated carbocycles. The van der Waals surface area contributed by atoms with Crippen LogP contribution in [0.5, 0.6) is 0 Å². The summed E-state index contributed by atoms with van der Waals surface area (Å²) >= 11 is 0. The van der Waals surface area contributed by atoms with E-state index in [2.05, 4.69) is 0 Å². The van der Waals surface area contributed by atoms with E-state index in [9.17, 15) is 9.59 Å². The molecule has 0 radical (unpaired) electrons. The standard InChI is InChI=1S/C15H19NO3/c1-2-4-14(17)16-8-7-13(10-16)11-5-3-6-12(9-11)15(18)19/h3,5-6,9,13H,2,4,7-8,10H2,1H3,(H,18,19). The molecule has 1 heterocycles. The molecule has 1 aliphatic rings. The first-order valence-corrected chi connectivity index (χ1v) is 6.73. The van der Waals surface area contributed by atoms with Gasteiger partial charge in [0, 0.05) is 25.4 Å². The molecule has 1 aromatic carbocycles. The summed E-state index contributed by atoms with van der Waals surface area (Å²) in [6.45, 7) is 3.49. The highest BCUT2D eigenvalue weighted by atomic mass is 16.4. The van der Waals surface area contributed by atoms with Crippen LogP contribution in [0.4, 0.5) is 0 Å². The highest BCUT2D eigenvalue weighted by molar-refractivity contribution is 5.87.